The molecule has 1 aliphatic heterocycles. The highest BCUT2D eigenvalue weighted by molar-refractivity contribution is 5.25. The molecule has 2 aromatic rings. The summed E-state index contributed by atoms with van der Waals surface area (Å²) >= 11 is 0. The molecule has 0 bridgehead atoms. The molecule has 0 saturated carbocycles. The number of hydrogen-bond acceptors (Lipinski definition) is 4. The van der Waals surface area contributed by atoms with E-state index in [2.05, 4.69) is 4.98 Å². The molecule has 0 amide bonds. The van der Waals surface area contributed by atoms with E-state index >= 15 is 0 Å². The van der Waals surface area contributed by atoms with E-state index in [-0.39, 0.29) is 0 Å². The van der Waals surface area contributed by atoms with Gasteiger partial charge in [-0.15, -0.1) is 0 Å². The maximum Gasteiger partial charge on any atom is 0.213 e. The van der Waals surface area contributed by atoms with Crippen LogP contribution in [0.25, 0.3) is 0 Å². The molecule has 4 nitrogen and oxygen atoms in total. The van der Waals surface area contributed by atoms with Gasteiger partial charge in [0.1, 0.15) is 12.2 Å². The van der Waals surface area contributed by atoms with E-state index in [9.17, 15) is 5.11 Å². The fourth-order valence-electron chi connectivity index (χ4n) is 1.93. The third-order valence-electron chi connectivity index (χ3n) is 3.18. The normalized spacial score (nSPS) is 16.7. The van der Waals surface area contributed by atoms with Gasteiger partial charge in [0.05, 0.1) is 13.2 Å². The van der Waals surface area contributed by atoms with Crippen molar-refractivity contribution in [1.82, 2.24) is 4.98 Å². The molecule has 0 spiro atoms. The molecule has 1 aromatic heterocycles. The van der Waals surface area contributed by atoms with E-state index in [0.717, 1.165) is 11.1 Å². The lowest BCUT2D eigenvalue weighted by atomic mass is 9.94. The first kappa shape index (κ1) is 12.1. The quantitative estimate of drug-likeness (QED) is 0.908. The molecule has 1 N–H and O–H groups in total. The molecule has 19 heavy (non-hydrogen) atoms. The Morgan fingerprint density at radius 3 is 2.53 bits per heavy atom. The van der Waals surface area contributed by atoms with Crippen molar-refractivity contribution >= 4 is 0 Å². The molecule has 1 fully saturated rings. The molecule has 0 atom stereocenters. The van der Waals surface area contributed by atoms with Crippen LogP contribution in [-0.4, -0.2) is 23.3 Å². The Morgan fingerprint density at radius 1 is 1.16 bits per heavy atom. The first-order chi connectivity index (χ1) is 9.26. The number of benzene rings is 1. The lowest BCUT2D eigenvalue weighted by Crippen LogP contribution is -2.46. The molecule has 2 heterocycles. The summed E-state index contributed by atoms with van der Waals surface area (Å²) in [6.45, 7) is 1.15. The summed E-state index contributed by atoms with van der Waals surface area (Å²) in [6.07, 6.45) is 1.64. The largest absolute Gasteiger partial charge is 0.473 e. The van der Waals surface area contributed by atoms with Gasteiger partial charge in [0, 0.05) is 17.8 Å². The van der Waals surface area contributed by atoms with Gasteiger partial charge in [-0.1, -0.05) is 30.3 Å². The molecule has 0 unspecified atom stereocenters. The van der Waals surface area contributed by atoms with Crippen LogP contribution < -0.4 is 4.74 Å². The number of nitrogens with zero attached hydrogens (tertiary/aromatic N) is 1. The summed E-state index contributed by atoms with van der Waals surface area (Å²) in [6, 6.07) is 13.5. The lowest BCUT2D eigenvalue weighted by molar-refractivity contribution is -0.184. The van der Waals surface area contributed by atoms with Gasteiger partial charge in [-0.25, -0.2) is 4.98 Å². The van der Waals surface area contributed by atoms with Gasteiger partial charge in [0.15, 0.2) is 0 Å². The van der Waals surface area contributed by atoms with Gasteiger partial charge in [-0.3, -0.25) is 0 Å². The number of rotatable bonds is 4. The number of aliphatic hydroxyl groups is 1. The summed E-state index contributed by atoms with van der Waals surface area (Å²) in [5, 5.41) is 10.1. The van der Waals surface area contributed by atoms with E-state index < -0.39 is 5.60 Å². The van der Waals surface area contributed by atoms with Crippen molar-refractivity contribution in [2.45, 2.75) is 12.2 Å². The number of aromatic nitrogens is 1. The highest BCUT2D eigenvalue weighted by Gasteiger charge is 2.38. The van der Waals surface area contributed by atoms with Gasteiger partial charge in [0.2, 0.25) is 5.88 Å². The Kier molecular flexibility index (Phi) is 3.19. The van der Waals surface area contributed by atoms with Crippen LogP contribution >= 0.6 is 0 Å². The molecule has 98 valence electrons. The maximum atomic E-state index is 10.1. The van der Waals surface area contributed by atoms with Crippen LogP contribution in [0.3, 0.4) is 0 Å². The van der Waals surface area contributed by atoms with E-state index in [1.165, 1.54) is 0 Å². The summed E-state index contributed by atoms with van der Waals surface area (Å²) in [5.74, 6) is 0.552. The molecule has 1 saturated heterocycles. The highest BCUT2D eigenvalue weighted by Crippen LogP contribution is 2.29. The summed E-state index contributed by atoms with van der Waals surface area (Å²) < 4.78 is 10.6. The SMILES string of the molecule is OC1(c2ccc(OCc3ccccc3)nc2)COC1. The smallest absolute Gasteiger partial charge is 0.213 e. The van der Waals surface area contributed by atoms with Gasteiger partial charge in [0.25, 0.3) is 0 Å². The van der Waals surface area contributed by atoms with Crippen LogP contribution in [0.2, 0.25) is 0 Å². The zero-order valence-electron chi connectivity index (χ0n) is 10.5. The first-order valence-corrected chi connectivity index (χ1v) is 6.20. The van der Waals surface area contributed by atoms with Crippen molar-refractivity contribution < 1.29 is 14.6 Å². The number of pyridine rings is 1. The average molecular weight is 257 g/mol. The number of hydrogen-bond donors (Lipinski definition) is 1. The van der Waals surface area contributed by atoms with Crippen molar-refractivity contribution in [2.24, 2.45) is 0 Å². The van der Waals surface area contributed by atoms with Gasteiger partial charge >= 0.3 is 0 Å². The van der Waals surface area contributed by atoms with Crippen LogP contribution in [0, 0.1) is 0 Å². The molecule has 4 heteroatoms. The van der Waals surface area contributed by atoms with Crippen molar-refractivity contribution in [3.05, 3.63) is 59.8 Å². The zero-order valence-corrected chi connectivity index (χ0v) is 10.5. The Morgan fingerprint density at radius 2 is 1.95 bits per heavy atom. The second kappa shape index (κ2) is 4.99. The Bertz CT molecular complexity index is 535. The third kappa shape index (κ3) is 2.59. The monoisotopic (exact) mass is 257 g/mol. The third-order valence-corrected chi connectivity index (χ3v) is 3.18. The van der Waals surface area contributed by atoms with Crippen LogP contribution in [0.1, 0.15) is 11.1 Å². The van der Waals surface area contributed by atoms with Gasteiger partial charge < -0.3 is 14.6 Å². The van der Waals surface area contributed by atoms with Gasteiger partial charge in [-0.2, -0.15) is 0 Å². The minimum Gasteiger partial charge on any atom is -0.473 e. The Balaban J connectivity index is 1.63. The fourth-order valence-corrected chi connectivity index (χ4v) is 1.93. The first-order valence-electron chi connectivity index (χ1n) is 6.20. The lowest BCUT2D eigenvalue weighted by Gasteiger charge is -2.36. The fraction of sp³-hybridized carbons (Fsp3) is 0.267. The molecule has 0 aliphatic carbocycles. The van der Waals surface area contributed by atoms with E-state index in [1.54, 1.807) is 12.3 Å². The van der Waals surface area contributed by atoms with Crippen molar-refractivity contribution in [3.8, 4) is 5.88 Å². The van der Waals surface area contributed by atoms with Crippen molar-refractivity contribution in [2.75, 3.05) is 13.2 Å². The predicted octanol–water partition coefficient (Wildman–Crippen LogP) is 1.88. The van der Waals surface area contributed by atoms with Crippen molar-refractivity contribution in [3.63, 3.8) is 0 Å². The Hall–Kier alpha value is -1.91. The molecule has 1 aromatic carbocycles. The average Bonchev–Trinajstić information content (AvgIpc) is 2.44. The summed E-state index contributed by atoms with van der Waals surface area (Å²) in [5.41, 5.74) is 0.996. The zero-order chi connectivity index (χ0) is 13.1. The standard InChI is InChI=1S/C15H15NO3/c17-15(10-18-11-15)13-6-7-14(16-8-13)19-9-12-4-2-1-3-5-12/h1-8,17H,9-11H2. The predicted molar refractivity (Wildman–Crippen MR) is 69.7 cm³/mol. The topological polar surface area (TPSA) is 51.6 Å². The molecular formula is C15H15NO3. The van der Waals surface area contributed by atoms with Gasteiger partial charge in [-0.05, 0) is 11.6 Å². The number of ether oxygens (including phenoxy) is 2. The van der Waals surface area contributed by atoms with Crippen LogP contribution in [0.4, 0.5) is 0 Å². The molecule has 1 aliphatic rings. The van der Waals surface area contributed by atoms with Crippen LogP contribution in [-0.2, 0) is 16.9 Å². The minimum absolute atomic E-state index is 0.332. The second-order valence-electron chi connectivity index (χ2n) is 4.68. The van der Waals surface area contributed by atoms with Crippen LogP contribution in [0.15, 0.2) is 48.7 Å². The van der Waals surface area contributed by atoms with E-state index in [0.29, 0.717) is 25.7 Å². The summed E-state index contributed by atoms with van der Waals surface area (Å²) in [4.78, 5) is 4.20. The molecule has 3 rings (SSSR count). The van der Waals surface area contributed by atoms with E-state index in [4.69, 9.17) is 9.47 Å². The molecule has 0 radical (unpaired) electrons. The second-order valence-corrected chi connectivity index (χ2v) is 4.68. The minimum atomic E-state index is -0.870. The van der Waals surface area contributed by atoms with E-state index in [1.807, 2.05) is 36.4 Å². The molecular weight excluding hydrogens is 242 g/mol. The van der Waals surface area contributed by atoms with Crippen LogP contribution in [0.5, 0.6) is 5.88 Å². The highest BCUT2D eigenvalue weighted by atomic mass is 16.5. The Labute approximate surface area is 111 Å². The van der Waals surface area contributed by atoms with Crippen molar-refractivity contribution in [1.29, 1.82) is 0 Å². The summed E-state index contributed by atoms with van der Waals surface area (Å²) in [7, 11) is 0. The maximum absolute atomic E-state index is 10.1.